The highest BCUT2D eigenvalue weighted by Crippen LogP contribution is 2.28. The Morgan fingerprint density at radius 2 is 1.94 bits per heavy atom. The van der Waals surface area contributed by atoms with E-state index in [0.29, 0.717) is 50.2 Å². The van der Waals surface area contributed by atoms with Crippen LogP contribution in [-0.2, 0) is 27.7 Å². The van der Waals surface area contributed by atoms with Crippen molar-refractivity contribution in [2.24, 2.45) is 5.92 Å². The number of thiazole rings is 1. The lowest BCUT2D eigenvalue weighted by molar-refractivity contribution is -0.126. The monoisotopic (exact) mass is 489 g/mol. The van der Waals surface area contributed by atoms with Gasteiger partial charge in [-0.3, -0.25) is 4.79 Å². The molecule has 3 heterocycles. The number of thiophene rings is 1. The van der Waals surface area contributed by atoms with Gasteiger partial charge in [-0.15, -0.1) is 22.7 Å². The predicted octanol–water partition coefficient (Wildman–Crippen LogP) is 4.19. The number of aromatic nitrogens is 1. The summed E-state index contributed by atoms with van der Waals surface area (Å²) in [6, 6.07) is 11.2. The average molecular weight is 490 g/mol. The summed E-state index contributed by atoms with van der Waals surface area (Å²) in [5, 5.41) is 8.10. The molecule has 6 nitrogen and oxygen atoms in total. The highest BCUT2D eigenvalue weighted by Gasteiger charge is 2.32. The molecule has 1 aliphatic heterocycles. The second-order valence-electron chi connectivity index (χ2n) is 7.80. The maximum Gasteiger partial charge on any atom is 0.243 e. The van der Waals surface area contributed by atoms with Crippen LogP contribution in [0.15, 0.2) is 52.1 Å². The summed E-state index contributed by atoms with van der Waals surface area (Å²) >= 11 is 3.29. The fraction of sp³-hybridized carbons (Fsp3) is 0.391. The first-order valence-corrected chi connectivity index (χ1v) is 14.0. The van der Waals surface area contributed by atoms with Gasteiger partial charge in [-0.2, -0.15) is 4.31 Å². The number of amides is 1. The molecule has 0 radical (unpaired) electrons. The molecular weight excluding hydrogens is 462 g/mol. The van der Waals surface area contributed by atoms with Gasteiger partial charge in [-0.1, -0.05) is 31.2 Å². The maximum absolute atomic E-state index is 13.1. The molecule has 9 heteroatoms. The van der Waals surface area contributed by atoms with E-state index in [0.717, 1.165) is 21.1 Å². The van der Waals surface area contributed by atoms with Gasteiger partial charge < -0.3 is 5.32 Å². The third-order valence-electron chi connectivity index (χ3n) is 5.76. The number of hydrogen-bond acceptors (Lipinski definition) is 6. The minimum atomic E-state index is -3.53. The molecule has 0 atom stereocenters. The first kappa shape index (κ1) is 23.1. The Balaban J connectivity index is 1.26. The van der Waals surface area contributed by atoms with E-state index < -0.39 is 10.0 Å². The van der Waals surface area contributed by atoms with E-state index >= 15 is 0 Å². The molecule has 1 fully saturated rings. The normalized spacial score (nSPS) is 15.7. The van der Waals surface area contributed by atoms with E-state index in [1.54, 1.807) is 34.8 Å². The number of rotatable bonds is 8. The van der Waals surface area contributed by atoms with E-state index in [4.69, 9.17) is 0 Å². The van der Waals surface area contributed by atoms with E-state index in [9.17, 15) is 13.2 Å². The molecule has 0 aliphatic carbocycles. The second-order valence-corrected chi connectivity index (χ2v) is 11.5. The summed E-state index contributed by atoms with van der Waals surface area (Å²) in [5.41, 5.74) is 1.81. The number of carbonyl (C=O) groups is 1. The molecule has 0 spiro atoms. The van der Waals surface area contributed by atoms with Crippen LogP contribution in [0.5, 0.6) is 0 Å². The van der Waals surface area contributed by atoms with Crippen molar-refractivity contribution in [1.82, 2.24) is 14.6 Å². The highest BCUT2D eigenvalue weighted by atomic mass is 32.2. The molecule has 1 saturated heterocycles. The van der Waals surface area contributed by atoms with E-state index in [-0.39, 0.29) is 11.8 Å². The molecule has 1 aliphatic rings. The smallest absolute Gasteiger partial charge is 0.243 e. The molecule has 0 unspecified atom stereocenters. The Hall–Kier alpha value is -2.07. The predicted molar refractivity (Wildman–Crippen MR) is 129 cm³/mol. The van der Waals surface area contributed by atoms with Gasteiger partial charge in [-0.25, -0.2) is 13.4 Å². The molecule has 3 aromatic rings. The first-order valence-electron chi connectivity index (χ1n) is 10.8. The van der Waals surface area contributed by atoms with Crippen molar-refractivity contribution in [2.45, 2.75) is 37.5 Å². The van der Waals surface area contributed by atoms with Crippen molar-refractivity contribution in [3.8, 4) is 9.88 Å². The Morgan fingerprint density at radius 3 is 2.66 bits per heavy atom. The average Bonchev–Trinajstić information content (AvgIpc) is 3.51. The van der Waals surface area contributed by atoms with Crippen LogP contribution in [0.2, 0.25) is 0 Å². The number of nitrogens with one attached hydrogen (secondary N) is 1. The minimum absolute atomic E-state index is 0.00437. The second kappa shape index (κ2) is 10.2. The maximum atomic E-state index is 13.1. The van der Waals surface area contributed by atoms with Crippen molar-refractivity contribution >= 4 is 38.6 Å². The topological polar surface area (TPSA) is 79.4 Å². The van der Waals surface area contributed by atoms with E-state index in [1.807, 2.05) is 35.9 Å². The molecule has 32 heavy (non-hydrogen) atoms. The largest absolute Gasteiger partial charge is 0.355 e. The van der Waals surface area contributed by atoms with Crippen LogP contribution >= 0.6 is 22.7 Å². The standard InChI is InChI=1S/C23H27N3O3S3/c1-2-17-6-3-4-8-21(17)32(28,29)26-13-10-18(11-14-26)22(27)24-12-9-19-16-31-23(25-19)20-7-5-15-30-20/h3-8,15-16,18H,2,9-14H2,1H3,(H,24,27). The van der Waals surface area contributed by atoms with Crippen molar-refractivity contribution in [3.05, 3.63) is 58.4 Å². The molecule has 0 saturated carbocycles. The van der Waals surface area contributed by atoms with Gasteiger partial charge in [0.15, 0.2) is 0 Å². The van der Waals surface area contributed by atoms with Crippen molar-refractivity contribution in [1.29, 1.82) is 0 Å². The number of piperidine rings is 1. The van der Waals surface area contributed by atoms with E-state index in [1.165, 1.54) is 4.31 Å². The van der Waals surface area contributed by atoms with Crippen LogP contribution in [-0.4, -0.2) is 43.2 Å². The Morgan fingerprint density at radius 1 is 1.16 bits per heavy atom. The van der Waals surface area contributed by atoms with Crippen molar-refractivity contribution < 1.29 is 13.2 Å². The summed E-state index contributed by atoms with van der Waals surface area (Å²) in [5.74, 6) is -0.148. The Kier molecular flexibility index (Phi) is 7.40. The van der Waals surface area contributed by atoms with Gasteiger partial charge in [0.25, 0.3) is 0 Å². The van der Waals surface area contributed by atoms with Gasteiger partial charge >= 0.3 is 0 Å². The van der Waals surface area contributed by atoms with Crippen LogP contribution in [0.1, 0.15) is 31.0 Å². The summed E-state index contributed by atoms with van der Waals surface area (Å²) < 4.78 is 27.7. The number of hydrogen-bond donors (Lipinski definition) is 1. The van der Waals surface area contributed by atoms with Crippen LogP contribution in [0.4, 0.5) is 0 Å². The number of aryl methyl sites for hydroxylation is 1. The molecule has 1 amide bonds. The minimum Gasteiger partial charge on any atom is -0.355 e. The molecule has 1 N–H and O–H groups in total. The quantitative estimate of drug-likeness (QED) is 0.514. The lowest BCUT2D eigenvalue weighted by Crippen LogP contribution is -2.43. The summed E-state index contributed by atoms with van der Waals surface area (Å²) in [7, 11) is -3.53. The summed E-state index contributed by atoms with van der Waals surface area (Å²) in [6.45, 7) is 3.23. The molecule has 2 aromatic heterocycles. The van der Waals surface area contributed by atoms with Gasteiger partial charge in [0.2, 0.25) is 15.9 Å². The molecule has 4 rings (SSSR count). The van der Waals surface area contributed by atoms with Gasteiger partial charge in [-0.05, 0) is 42.3 Å². The third kappa shape index (κ3) is 5.11. The Bertz CT molecular complexity index is 1150. The van der Waals surface area contributed by atoms with Gasteiger partial charge in [0, 0.05) is 37.4 Å². The zero-order valence-electron chi connectivity index (χ0n) is 18.0. The molecule has 1 aromatic carbocycles. The lowest BCUT2D eigenvalue weighted by atomic mass is 9.97. The SMILES string of the molecule is CCc1ccccc1S(=O)(=O)N1CCC(C(=O)NCCc2csc(-c3cccs3)n2)CC1. The fourth-order valence-electron chi connectivity index (χ4n) is 3.94. The summed E-state index contributed by atoms with van der Waals surface area (Å²) in [6.07, 6.45) is 2.44. The first-order chi connectivity index (χ1) is 15.5. The molecule has 0 bridgehead atoms. The van der Waals surface area contributed by atoms with Crippen molar-refractivity contribution in [3.63, 3.8) is 0 Å². The Labute approximate surface area is 197 Å². The van der Waals surface area contributed by atoms with Crippen LogP contribution in [0.25, 0.3) is 9.88 Å². The number of nitrogens with zero attached hydrogens (tertiary/aromatic N) is 2. The van der Waals surface area contributed by atoms with Gasteiger partial charge in [0.05, 0.1) is 15.5 Å². The molecule has 170 valence electrons. The number of carbonyl (C=O) groups excluding carboxylic acids is 1. The van der Waals surface area contributed by atoms with E-state index in [2.05, 4.69) is 16.4 Å². The highest BCUT2D eigenvalue weighted by molar-refractivity contribution is 7.89. The molecular formula is C23H27N3O3S3. The zero-order valence-corrected chi connectivity index (χ0v) is 20.4. The van der Waals surface area contributed by atoms with Crippen molar-refractivity contribution in [2.75, 3.05) is 19.6 Å². The fourth-order valence-corrected chi connectivity index (χ4v) is 7.37. The van der Waals surface area contributed by atoms with Crippen LogP contribution < -0.4 is 5.32 Å². The van der Waals surface area contributed by atoms with Crippen LogP contribution in [0, 0.1) is 5.92 Å². The zero-order chi connectivity index (χ0) is 22.6. The third-order valence-corrected chi connectivity index (χ3v) is 9.69. The lowest BCUT2D eigenvalue weighted by Gasteiger charge is -2.31. The summed E-state index contributed by atoms with van der Waals surface area (Å²) in [4.78, 5) is 18.8. The van der Waals surface area contributed by atoms with Gasteiger partial charge in [0.1, 0.15) is 5.01 Å². The van der Waals surface area contributed by atoms with Crippen LogP contribution in [0.3, 0.4) is 0 Å². The number of sulfonamides is 1. The number of benzene rings is 1.